The number of aromatic carboxylic acids is 1. The van der Waals surface area contributed by atoms with Crippen molar-refractivity contribution in [2.75, 3.05) is 11.8 Å². The molecule has 2 rings (SSSR count). The van der Waals surface area contributed by atoms with Crippen LogP contribution in [0.4, 0.5) is 5.69 Å². The Morgan fingerprint density at radius 3 is 2.42 bits per heavy atom. The number of hydrogen-bond acceptors (Lipinski definition) is 5. The Morgan fingerprint density at radius 1 is 1.12 bits per heavy atom. The minimum atomic E-state index is -4.11. The lowest BCUT2D eigenvalue weighted by molar-refractivity contribution is -0.131. The molecule has 0 heterocycles. The molecule has 2 aromatic carbocycles. The van der Waals surface area contributed by atoms with E-state index >= 15 is 0 Å². The summed E-state index contributed by atoms with van der Waals surface area (Å²) in [6, 6.07) is 9.44. The number of sulfonamides is 1. The van der Waals surface area contributed by atoms with E-state index in [1.54, 1.807) is 0 Å². The molecular weight excluding hydrogens is 362 g/mol. The highest BCUT2D eigenvalue weighted by Gasteiger charge is 2.19. The number of aliphatic carboxylic acids is 1. The minimum Gasteiger partial charge on any atom is -0.496 e. The highest BCUT2D eigenvalue weighted by Crippen LogP contribution is 2.26. The Bertz CT molecular complexity index is 980. The maximum Gasteiger partial charge on any atom is 0.337 e. The zero-order valence-corrected chi connectivity index (χ0v) is 14.4. The first-order chi connectivity index (χ1) is 12.2. The van der Waals surface area contributed by atoms with E-state index in [9.17, 15) is 18.0 Å². The Hall–Kier alpha value is -3.33. The number of anilines is 1. The molecule has 0 saturated heterocycles. The normalized spacial score (nSPS) is 11.3. The third-order valence-corrected chi connectivity index (χ3v) is 4.68. The molecule has 8 nitrogen and oxygen atoms in total. The second kappa shape index (κ2) is 7.70. The Kier molecular flexibility index (Phi) is 5.63. The summed E-state index contributed by atoms with van der Waals surface area (Å²) in [5.41, 5.74) is -0.0432. The van der Waals surface area contributed by atoms with Crippen molar-refractivity contribution in [2.24, 2.45) is 0 Å². The third kappa shape index (κ3) is 4.39. The largest absolute Gasteiger partial charge is 0.496 e. The van der Waals surface area contributed by atoms with Crippen LogP contribution in [0, 0.1) is 0 Å². The van der Waals surface area contributed by atoms with Crippen molar-refractivity contribution in [3.05, 3.63) is 59.7 Å². The molecule has 0 aliphatic rings. The number of nitrogens with one attached hydrogen (secondary N) is 1. The summed E-state index contributed by atoms with van der Waals surface area (Å²) in [4.78, 5) is 21.7. The van der Waals surface area contributed by atoms with Gasteiger partial charge in [-0.05, 0) is 36.4 Å². The van der Waals surface area contributed by atoms with Gasteiger partial charge in [0, 0.05) is 11.6 Å². The van der Waals surface area contributed by atoms with Crippen LogP contribution in [0.15, 0.2) is 53.4 Å². The smallest absolute Gasteiger partial charge is 0.337 e. The number of ether oxygens (including phenoxy) is 1. The lowest BCUT2D eigenvalue weighted by atomic mass is 10.2. The van der Waals surface area contributed by atoms with Crippen LogP contribution in [-0.4, -0.2) is 37.7 Å². The lowest BCUT2D eigenvalue weighted by Crippen LogP contribution is -2.15. The molecule has 0 radical (unpaired) electrons. The molecule has 0 unspecified atom stereocenters. The number of carbonyl (C=O) groups is 2. The van der Waals surface area contributed by atoms with Crippen molar-refractivity contribution in [3.63, 3.8) is 0 Å². The molecule has 0 saturated carbocycles. The molecule has 26 heavy (non-hydrogen) atoms. The van der Waals surface area contributed by atoms with Gasteiger partial charge in [-0.3, -0.25) is 4.72 Å². The average molecular weight is 377 g/mol. The van der Waals surface area contributed by atoms with Crippen LogP contribution in [-0.2, 0) is 14.8 Å². The highest BCUT2D eigenvalue weighted by atomic mass is 32.2. The third-order valence-electron chi connectivity index (χ3n) is 3.32. The quantitative estimate of drug-likeness (QED) is 0.631. The van der Waals surface area contributed by atoms with E-state index in [0.29, 0.717) is 0 Å². The Labute approximate surface area is 149 Å². The van der Waals surface area contributed by atoms with Crippen LogP contribution in [0.1, 0.15) is 15.9 Å². The van der Waals surface area contributed by atoms with Crippen molar-refractivity contribution in [2.45, 2.75) is 4.90 Å². The van der Waals surface area contributed by atoms with Crippen LogP contribution in [0.25, 0.3) is 6.08 Å². The van der Waals surface area contributed by atoms with Crippen molar-refractivity contribution in [3.8, 4) is 5.75 Å². The number of carboxylic acids is 2. The molecule has 0 bridgehead atoms. The molecule has 0 aliphatic carbocycles. The van der Waals surface area contributed by atoms with Crippen molar-refractivity contribution in [1.29, 1.82) is 0 Å². The molecule has 0 amide bonds. The molecular formula is C17H15NO7S. The van der Waals surface area contributed by atoms with Gasteiger partial charge in [0.1, 0.15) is 5.75 Å². The maximum absolute atomic E-state index is 12.6. The maximum atomic E-state index is 12.6. The van der Waals surface area contributed by atoms with Crippen LogP contribution in [0.3, 0.4) is 0 Å². The second-order valence-corrected chi connectivity index (χ2v) is 6.71. The number of hydrogen-bond donors (Lipinski definition) is 3. The monoisotopic (exact) mass is 377 g/mol. The minimum absolute atomic E-state index is 0.0848. The predicted octanol–water partition coefficient (Wildman–Crippen LogP) is 2.29. The summed E-state index contributed by atoms with van der Waals surface area (Å²) < 4.78 is 32.5. The summed E-state index contributed by atoms with van der Waals surface area (Å²) >= 11 is 0. The second-order valence-electron chi connectivity index (χ2n) is 5.03. The highest BCUT2D eigenvalue weighted by molar-refractivity contribution is 7.92. The van der Waals surface area contributed by atoms with Gasteiger partial charge in [0.2, 0.25) is 0 Å². The number of para-hydroxylation sites is 1. The van der Waals surface area contributed by atoms with Crippen LogP contribution in [0.5, 0.6) is 5.75 Å². The van der Waals surface area contributed by atoms with Gasteiger partial charge in [-0.25, -0.2) is 18.0 Å². The van der Waals surface area contributed by atoms with E-state index in [2.05, 4.69) is 4.72 Å². The first-order valence-corrected chi connectivity index (χ1v) is 8.67. The molecule has 0 atom stereocenters. The van der Waals surface area contributed by atoms with Gasteiger partial charge in [0.25, 0.3) is 10.0 Å². The molecule has 9 heteroatoms. The van der Waals surface area contributed by atoms with E-state index in [0.717, 1.165) is 6.08 Å². The molecule has 0 aromatic heterocycles. The number of rotatable bonds is 7. The van der Waals surface area contributed by atoms with Crippen molar-refractivity contribution >= 4 is 33.7 Å². The van der Waals surface area contributed by atoms with Gasteiger partial charge >= 0.3 is 11.9 Å². The van der Waals surface area contributed by atoms with E-state index in [-0.39, 0.29) is 27.5 Å². The van der Waals surface area contributed by atoms with E-state index in [1.165, 1.54) is 55.7 Å². The SMILES string of the molecule is COc1ccc(S(=O)(=O)Nc2ccccc2C(=O)O)cc1C=CC(=O)O. The zero-order valence-electron chi connectivity index (χ0n) is 13.5. The van der Waals surface area contributed by atoms with Gasteiger partial charge in [-0.1, -0.05) is 12.1 Å². The average Bonchev–Trinajstić information content (AvgIpc) is 2.59. The summed E-state index contributed by atoms with van der Waals surface area (Å²) in [5, 5.41) is 17.9. The van der Waals surface area contributed by atoms with E-state index in [4.69, 9.17) is 14.9 Å². The standard InChI is InChI=1S/C17H15NO7S/c1-25-15-8-7-12(10-11(15)6-9-16(19)20)26(23,24)18-14-5-3-2-4-13(14)17(21)22/h2-10,18H,1H3,(H,19,20)(H,21,22). The first-order valence-electron chi connectivity index (χ1n) is 7.19. The molecule has 0 fully saturated rings. The van der Waals surface area contributed by atoms with Gasteiger partial charge in [0.15, 0.2) is 0 Å². The fourth-order valence-corrected chi connectivity index (χ4v) is 3.25. The van der Waals surface area contributed by atoms with Gasteiger partial charge in [-0.2, -0.15) is 0 Å². The molecule has 3 N–H and O–H groups in total. The summed E-state index contributed by atoms with van der Waals surface area (Å²) in [5.74, 6) is -2.19. The fraction of sp³-hybridized carbons (Fsp3) is 0.0588. The predicted molar refractivity (Wildman–Crippen MR) is 93.9 cm³/mol. The molecule has 136 valence electrons. The summed E-state index contributed by atoms with van der Waals surface area (Å²) in [6.45, 7) is 0. The summed E-state index contributed by atoms with van der Waals surface area (Å²) in [6.07, 6.45) is 2.05. The topological polar surface area (TPSA) is 130 Å². The van der Waals surface area contributed by atoms with Gasteiger partial charge in [-0.15, -0.1) is 0 Å². The van der Waals surface area contributed by atoms with Crippen molar-refractivity contribution in [1.82, 2.24) is 0 Å². The summed E-state index contributed by atoms with van der Waals surface area (Å²) in [7, 11) is -2.74. The van der Waals surface area contributed by atoms with Gasteiger partial charge in [0.05, 0.1) is 23.3 Å². The Morgan fingerprint density at radius 2 is 1.81 bits per heavy atom. The molecule has 0 spiro atoms. The molecule has 2 aromatic rings. The fourth-order valence-electron chi connectivity index (χ4n) is 2.13. The molecule has 0 aliphatic heterocycles. The first kappa shape index (κ1) is 19.0. The number of methoxy groups -OCH3 is 1. The van der Waals surface area contributed by atoms with E-state index < -0.39 is 22.0 Å². The zero-order chi connectivity index (χ0) is 19.3. The number of carboxylic acid groups (broad SMARTS) is 2. The van der Waals surface area contributed by atoms with Gasteiger partial charge < -0.3 is 14.9 Å². The lowest BCUT2D eigenvalue weighted by Gasteiger charge is -2.12. The van der Waals surface area contributed by atoms with Crippen molar-refractivity contribution < 1.29 is 33.0 Å². The van der Waals surface area contributed by atoms with Crippen LogP contribution >= 0.6 is 0 Å². The van der Waals surface area contributed by atoms with Crippen LogP contribution in [0.2, 0.25) is 0 Å². The van der Waals surface area contributed by atoms with E-state index in [1.807, 2.05) is 0 Å². The Balaban J connectivity index is 2.45. The van der Waals surface area contributed by atoms with Crippen LogP contribution < -0.4 is 9.46 Å². The number of benzene rings is 2.